The van der Waals surface area contributed by atoms with Crippen LogP contribution in [0.25, 0.3) is 10.8 Å². The molecule has 1 amide bonds. The van der Waals surface area contributed by atoms with Crippen LogP contribution in [0.3, 0.4) is 0 Å². The molecule has 2 aromatic carbocycles. The molecule has 0 unspecified atom stereocenters. The molecule has 0 aliphatic carbocycles. The molecule has 1 saturated heterocycles. The Morgan fingerprint density at radius 3 is 2.68 bits per heavy atom. The molecule has 2 aliphatic rings. The van der Waals surface area contributed by atoms with Crippen LogP contribution >= 0.6 is 0 Å². The van der Waals surface area contributed by atoms with E-state index in [1.54, 1.807) is 0 Å². The van der Waals surface area contributed by atoms with Gasteiger partial charge in [0.15, 0.2) is 18.5 Å². The fourth-order valence-corrected chi connectivity index (χ4v) is 3.28. The fraction of sp³-hybridized carbons (Fsp3) is 0.333. The number of hydrogen-bond donors (Lipinski definition) is 0. The third-order valence-corrected chi connectivity index (χ3v) is 4.49. The Kier molecular flexibility index (Phi) is 3.29. The molecule has 112 valence electrons. The molecule has 1 fully saturated rings. The number of aliphatic imine (C=N–C) groups is 1. The first kappa shape index (κ1) is 13.3. The molecule has 22 heavy (non-hydrogen) atoms. The molecule has 0 saturated carbocycles. The first-order valence-corrected chi connectivity index (χ1v) is 7.77. The number of amides is 1. The molecule has 2 aliphatic heterocycles. The van der Waals surface area contributed by atoms with Crippen molar-refractivity contribution in [1.29, 1.82) is 0 Å². The number of carbonyl (C=O) groups excluding carboxylic acids is 1. The van der Waals surface area contributed by atoms with Gasteiger partial charge in [-0.15, -0.1) is 0 Å². The van der Waals surface area contributed by atoms with Crippen LogP contribution in [0.2, 0.25) is 0 Å². The largest absolute Gasteiger partial charge is 0.473 e. The van der Waals surface area contributed by atoms with Crippen molar-refractivity contribution in [1.82, 2.24) is 4.90 Å². The Bertz CT molecular complexity index is 735. The lowest BCUT2D eigenvalue weighted by molar-refractivity contribution is -0.133. The van der Waals surface area contributed by atoms with Crippen LogP contribution in [0.4, 0.5) is 0 Å². The Morgan fingerprint density at radius 1 is 1.09 bits per heavy atom. The van der Waals surface area contributed by atoms with Gasteiger partial charge in [-0.2, -0.15) is 0 Å². The molecule has 0 radical (unpaired) electrons. The van der Waals surface area contributed by atoms with E-state index in [4.69, 9.17) is 4.74 Å². The number of hydrogen-bond acceptors (Lipinski definition) is 3. The average molecular weight is 294 g/mol. The predicted molar refractivity (Wildman–Crippen MR) is 85.9 cm³/mol. The van der Waals surface area contributed by atoms with Crippen molar-refractivity contribution >= 4 is 23.1 Å². The summed E-state index contributed by atoms with van der Waals surface area (Å²) in [6, 6.07) is 14.0. The van der Waals surface area contributed by atoms with Crippen molar-refractivity contribution in [2.24, 2.45) is 4.99 Å². The number of ether oxygens (including phenoxy) is 1. The number of carbonyl (C=O) groups is 1. The van der Waals surface area contributed by atoms with E-state index in [9.17, 15) is 4.79 Å². The number of fused-ring (bicyclic) bond motifs is 1. The summed E-state index contributed by atoms with van der Waals surface area (Å²) in [5, 5.41) is 2.34. The summed E-state index contributed by atoms with van der Waals surface area (Å²) >= 11 is 0. The van der Waals surface area contributed by atoms with E-state index in [0.717, 1.165) is 36.9 Å². The minimum absolute atomic E-state index is 0.0874. The fourth-order valence-electron chi connectivity index (χ4n) is 3.28. The quantitative estimate of drug-likeness (QED) is 0.854. The zero-order chi connectivity index (χ0) is 14.9. The van der Waals surface area contributed by atoms with Crippen molar-refractivity contribution in [3.63, 3.8) is 0 Å². The van der Waals surface area contributed by atoms with Crippen LogP contribution < -0.4 is 0 Å². The first-order chi connectivity index (χ1) is 10.8. The lowest BCUT2D eigenvalue weighted by atomic mass is 9.98. The number of likely N-dealkylation sites (tertiary alicyclic amines) is 1. The Labute approximate surface area is 129 Å². The van der Waals surface area contributed by atoms with Gasteiger partial charge in [0.25, 0.3) is 5.91 Å². The van der Waals surface area contributed by atoms with E-state index >= 15 is 0 Å². The third kappa shape index (κ3) is 2.25. The van der Waals surface area contributed by atoms with Gasteiger partial charge >= 0.3 is 0 Å². The summed E-state index contributed by atoms with van der Waals surface area (Å²) in [6.07, 6.45) is 3.30. The molecule has 0 spiro atoms. The Morgan fingerprint density at radius 2 is 1.86 bits per heavy atom. The third-order valence-electron chi connectivity index (χ3n) is 4.49. The lowest BCUT2D eigenvalue weighted by Gasteiger charge is -2.22. The smallest absolute Gasteiger partial charge is 0.251 e. The summed E-state index contributed by atoms with van der Waals surface area (Å²) in [5.41, 5.74) is 1.01. The van der Waals surface area contributed by atoms with Gasteiger partial charge in [-0.25, -0.2) is 4.99 Å². The van der Waals surface area contributed by atoms with Gasteiger partial charge in [-0.05, 0) is 35.2 Å². The molecule has 4 rings (SSSR count). The SMILES string of the molecule is O=C([C@@H]1N=CO[C@H]1c1ccc2ccccc2c1)N1CCCC1. The van der Waals surface area contributed by atoms with E-state index in [2.05, 4.69) is 29.3 Å². The van der Waals surface area contributed by atoms with Crippen molar-refractivity contribution < 1.29 is 9.53 Å². The monoisotopic (exact) mass is 294 g/mol. The highest BCUT2D eigenvalue weighted by Crippen LogP contribution is 2.31. The molecule has 4 nitrogen and oxygen atoms in total. The van der Waals surface area contributed by atoms with Crippen molar-refractivity contribution in [3.05, 3.63) is 48.0 Å². The maximum atomic E-state index is 12.6. The molecule has 2 atom stereocenters. The zero-order valence-electron chi connectivity index (χ0n) is 12.3. The van der Waals surface area contributed by atoms with Gasteiger partial charge in [-0.1, -0.05) is 36.4 Å². The number of rotatable bonds is 2. The van der Waals surface area contributed by atoms with E-state index in [1.807, 2.05) is 23.1 Å². The Balaban J connectivity index is 1.63. The Hall–Kier alpha value is -2.36. The van der Waals surface area contributed by atoms with Crippen molar-refractivity contribution in [3.8, 4) is 0 Å². The van der Waals surface area contributed by atoms with E-state index in [-0.39, 0.29) is 12.0 Å². The minimum Gasteiger partial charge on any atom is -0.473 e. The maximum absolute atomic E-state index is 12.6. The van der Waals surface area contributed by atoms with Gasteiger partial charge in [-0.3, -0.25) is 4.79 Å². The van der Waals surface area contributed by atoms with E-state index in [1.165, 1.54) is 11.8 Å². The molecule has 0 N–H and O–H groups in total. The second kappa shape index (κ2) is 5.44. The van der Waals surface area contributed by atoms with Gasteiger partial charge in [0.1, 0.15) is 0 Å². The summed E-state index contributed by atoms with van der Waals surface area (Å²) in [7, 11) is 0. The second-order valence-corrected chi connectivity index (χ2v) is 5.89. The predicted octanol–water partition coefficient (Wildman–Crippen LogP) is 2.93. The minimum atomic E-state index is -0.445. The van der Waals surface area contributed by atoms with Crippen LogP contribution in [0.1, 0.15) is 24.5 Å². The van der Waals surface area contributed by atoms with Crippen molar-refractivity contribution in [2.45, 2.75) is 25.0 Å². The van der Waals surface area contributed by atoms with Gasteiger partial charge in [0, 0.05) is 13.1 Å². The van der Waals surface area contributed by atoms with Crippen LogP contribution in [0.5, 0.6) is 0 Å². The summed E-state index contributed by atoms with van der Waals surface area (Å²) in [5.74, 6) is 0.0874. The van der Waals surface area contributed by atoms with Gasteiger partial charge in [0.2, 0.25) is 0 Å². The molecule has 4 heteroatoms. The number of nitrogens with zero attached hydrogens (tertiary/aromatic N) is 2. The first-order valence-electron chi connectivity index (χ1n) is 7.77. The van der Waals surface area contributed by atoms with E-state index < -0.39 is 6.04 Å². The highest BCUT2D eigenvalue weighted by Gasteiger charge is 2.37. The second-order valence-electron chi connectivity index (χ2n) is 5.89. The molecule has 2 aromatic rings. The van der Waals surface area contributed by atoms with Gasteiger partial charge < -0.3 is 9.64 Å². The average Bonchev–Trinajstić information content (AvgIpc) is 3.25. The van der Waals surface area contributed by atoms with Crippen LogP contribution in [-0.4, -0.2) is 36.3 Å². The van der Waals surface area contributed by atoms with Crippen LogP contribution in [-0.2, 0) is 9.53 Å². The molecular weight excluding hydrogens is 276 g/mol. The highest BCUT2D eigenvalue weighted by atomic mass is 16.5. The molecule has 0 aromatic heterocycles. The number of benzene rings is 2. The highest BCUT2D eigenvalue weighted by molar-refractivity contribution is 5.87. The van der Waals surface area contributed by atoms with Crippen molar-refractivity contribution in [2.75, 3.05) is 13.1 Å². The summed E-state index contributed by atoms with van der Waals surface area (Å²) < 4.78 is 5.64. The maximum Gasteiger partial charge on any atom is 0.251 e. The lowest BCUT2D eigenvalue weighted by Crippen LogP contribution is -2.38. The van der Waals surface area contributed by atoms with Crippen LogP contribution in [0.15, 0.2) is 47.5 Å². The molecular formula is C18H18N2O2. The normalized spacial score (nSPS) is 23.9. The molecule has 0 bridgehead atoms. The van der Waals surface area contributed by atoms with Gasteiger partial charge in [0.05, 0.1) is 0 Å². The molecule has 2 heterocycles. The summed E-state index contributed by atoms with van der Waals surface area (Å²) in [4.78, 5) is 18.8. The topological polar surface area (TPSA) is 41.9 Å². The van der Waals surface area contributed by atoms with E-state index in [0.29, 0.717) is 0 Å². The standard InChI is InChI=1S/C18H18N2O2/c21-18(20-9-3-4-10-20)16-17(22-12-19-16)15-8-7-13-5-1-2-6-14(13)11-15/h1-2,5-8,11-12,16-17H,3-4,9-10H2/t16-,17+/m1/s1. The zero-order valence-corrected chi connectivity index (χ0v) is 12.3. The van der Waals surface area contributed by atoms with Crippen LogP contribution in [0, 0.1) is 0 Å². The summed E-state index contributed by atoms with van der Waals surface area (Å²) in [6.45, 7) is 1.69.